The molecule has 2 rings (SSSR count). The minimum Gasteiger partial charge on any atom is -0.478 e. The van der Waals surface area contributed by atoms with Crippen molar-refractivity contribution >= 4 is 17.7 Å². The Hall–Kier alpha value is -2.04. The van der Waals surface area contributed by atoms with Crippen LogP contribution in [-0.4, -0.2) is 35.1 Å². The lowest BCUT2D eigenvalue weighted by atomic mass is 10.1. The lowest BCUT2D eigenvalue weighted by Gasteiger charge is -2.25. The van der Waals surface area contributed by atoms with Gasteiger partial charge in [0.2, 0.25) is 0 Å². The van der Waals surface area contributed by atoms with Gasteiger partial charge in [0.25, 0.3) is 0 Å². The number of nitrogens with one attached hydrogen (secondary N) is 1. The number of carbonyl (C=O) groups excluding carboxylic acids is 1. The van der Waals surface area contributed by atoms with Gasteiger partial charge in [-0.2, -0.15) is 0 Å². The molecule has 0 aliphatic heterocycles. The van der Waals surface area contributed by atoms with Crippen LogP contribution in [0.5, 0.6) is 0 Å². The summed E-state index contributed by atoms with van der Waals surface area (Å²) in [5.41, 5.74) is 1.61. The van der Waals surface area contributed by atoms with Gasteiger partial charge in [-0.3, -0.25) is 0 Å². The number of rotatable bonds is 4. The predicted octanol–water partition coefficient (Wildman–Crippen LogP) is 2.96. The first-order valence-corrected chi connectivity index (χ1v) is 6.78. The second-order valence-corrected chi connectivity index (χ2v) is 5.45. The van der Waals surface area contributed by atoms with E-state index in [-0.39, 0.29) is 17.6 Å². The zero-order valence-corrected chi connectivity index (χ0v) is 12.0. The van der Waals surface area contributed by atoms with E-state index in [0.29, 0.717) is 11.6 Å². The molecule has 5 heteroatoms. The SMILES string of the molecule is Cc1cc(C(=O)O)ccc1NC(=O)N(C)C(C)C1CC1. The van der Waals surface area contributed by atoms with Gasteiger partial charge in [-0.05, 0) is 56.4 Å². The number of carboxylic acid groups (broad SMARTS) is 1. The Balaban J connectivity index is 2.05. The molecule has 1 atom stereocenters. The van der Waals surface area contributed by atoms with Gasteiger partial charge in [0.1, 0.15) is 0 Å². The number of aromatic carboxylic acids is 1. The quantitative estimate of drug-likeness (QED) is 0.888. The second kappa shape index (κ2) is 5.53. The van der Waals surface area contributed by atoms with E-state index < -0.39 is 5.97 Å². The summed E-state index contributed by atoms with van der Waals surface area (Å²) < 4.78 is 0. The molecule has 2 amide bonds. The van der Waals surface area contributed by atoms with Crippen molar-refractivity contribution in [2.75, 3.05) is 12.4 Å². The fourth-order valence-corrected chi connectivity index (χ4v) is 2.22. The Bertz CT molecular complexity index is 538. The highest BCUT2D eigenvalue weighted by Crippen LogP contribution is 2.34. The van der Waals surface area contributed by atoms with Crippen LogP contribution >= 0.6 is 0 Å². The smallest absolute Gasteiger partial charge is 0.335 e. The molecule has 20 heavy (non-hydrogen) atoms. The van der Waals surface area contributed by atoms with Crippen LogP contribution in [-0.2, 0) is 0 Å². The molecular formula is C15H20N2O3. The van der Waals surface area contributed by atoms with Crippen LogP contribution in [0.15, 0.2) is 18.2 Å². The van der Waals surface area contributed by atoms with Gasteiger partial charge < -0.3 is 15.3 Å². The van der Waals surface area contributed by atoms with Crippen LogP contribution in [0.4, 0.5) is 10.5 Å². The molecule has 2 N–H and O–H groups in total. The lowest BCUT2D eigenvalue weighted by Crippen LogP contribution is -2.39. The van der Waals surface area contributed by atoms with E-state index in [4.69, 9.17) is 5.11 Å². The molecule has 1 aromatic rings. The van der Waals surface area contributed by atoms with Crippen LogP contribution in [0.2, 0.25) is 0 Å². The van der Waals surface area contributed by atoms with E-state index in [1.54, 1.807) is 31.0 Å². The Morgan fingerprint density at radius 3 is 2.55 bits per heavy atom. The molecule has 0 heterocycles. The number of benzene rings is 1. The van der Waals surface area contributed by atoms with Gasteiger partial charge in [-0.15, -0.1) is 0 Å². The molecule has 0 spiro atoms. The number of urea groups is 1. The van der Waals surface area contributed by atoms with E-state index in [9.17, 15) is 9.59 Å². The van der Waals surface area contributed by atoms with E-state index in [1.807, 2.05) is 0 Å². The topological polar surface area (TPSA) is 69.6 Å². The highest BCUT2D eigenvalue weighted by molar-refractivity contribution is 5.92. The summed E-state index contributed by atoms with van der Waals surface area (Å²) in [7, 11) is 1.79. The maximum atomic E-state index is 12.2. The molecule has 5 nitrogen and oxygen atoms in total. The number of hydrogen-bond donors (Lipinski definition) is 2. The molecule has 0 radical (unpaired) electrons. The normalized spacial score (nSPS) is 15.6. The predicted molar refractivity (Wildman–Crippen MR) is 77.1 cm³/mol. The van der Waals surface area contributed by atoms with Crippen LogP contribution in [0.1, 0.15) is 35.7 Å². The van der Waals surface area contributed by atoms with E-state index >= 15 is 0 Å². The Labute approximate surface area is 118 Å². The summed E-state index contributed by atoms with van der Waals surface area (Å²) in [6.45, 7) is 3.84. The zero-order valence-electron chi connectivity index (χ0n) is 12.0. The molecule has 0 bridgehead atoms. The molecule has 1 aromatic carbocycles. The van der Waals surface area contributed by atoms with E-state index in [1.165, 1.54) is 18.9 Å². The average Bonchev–Trinajstić information content (AvgIpc) is 3.23. The third-order valence-corrected chi connectivity index (χ3v) is 3.95. The monoisotopic (exact) mass is 276 g/mol. The van der Waals surface area contributed by atoms with Gasteiger partial charge in [0.15, 0.2) is 0 Å². The highest BCUT2D eigenvalue weighted by atomic mass is 16.4. The summed E-state index contributed by atoms with van der Waals surface area (Å²) >= 11 is 0. The maximum absolute atomic E-state index is 12.2. The fraction of sp³-hybridized carbons (Fsp3) is 0.467. The molecular weight excluding hydrogens is 256 g/mol. The minimum absolute atomic E-state index is 0.157. The van der Waals surface area contributed by atoms with Crippen molar-refractivity contribution in [1.29, 1.82) is 0 Å². The van der Waals surface area contributed by atoms with Gasteiger partial charge in [0, 0.05) is 18.8 Å². The molecule has 1 unspecified atom stereocenters. The summed E-state index contributed by atoms with van der Waals surface area (Å²) in [4.78, 5) is 24.7. The number of carbonyl (C=O) groups is 2. The number of amides is 2. The first kappa shape index (κ1) is 14.4. The standard InChI is InChI=1S/C15H20N2O3/c1-9-8-12(14(18)19)6-7-13(9)16-15(20)17(3)10(2)11-4-5-11/h6-8,10-11H,4-5H2,1-3H3,(H,16,20)(H,18,19). The van der Waals surface area contributed by atoms with Crippen molar-refractivity contribution in [3.63, 3.8) is 0 Å². The van der Waals surface area contributed by atoms with Crippen molar-refractivity contribution in [1.82, 2.24) is 4.90 Å². The highest BCUT2D eigenvalue weighted by Gasteiger charge is 2.32. The lowest BCUT2D eigenvalue weighted by molar-refractivity contribution is 0.0697. The van der Waals surface area contributed by atoms with Gasteiger partial charge in [-0.25, -0.2) is 9.59 Å². The average molecular weight is 276 g/mol. The second-order valence-electron chi connectivity index (χ2n) is 5.45. The van der Waals surface area contributed by atoms with Crippen molar-refractivity contribution in [3.05, 3.63) is 29.3 Å². The number of carboxylic acids is 1. The first-order valence-electron chi connectivity index (χ1n) is 6.78. The minimum atomic E-state index is -0.967. The first-order chi connectivity index (χ1) is 9.40. The van der Waals surface area contributed by atoms with Crippen LogP contribution < -0.4 is 5.32 Å². The fourth-order valence-electron chi connectivity index (χ4n) is 2.22. The van der Waals surface area contributed by atoms with Crippen molar-refractivity contribution in [2.45, 2.75) is 32.7 Å². The third-order valence-electron chi connectivity index (χ3n) is 3.95. The number of hydrogen-bond acceptors (Lipinski definition) is 2. The molecule has 1 fully saturated rings. The Morgan fingerprint density at radius 2 is 2.05 bits per heavy atom. The number of nitrogens with zero attached hydrogens (tertiary/aromatic N) is 1. The number of aryl methyl sites for hydroxylation is 1. The third kappa shape index (κ3) is 3.10. The van der Waals surface area contributed by atoms with Crippen molar-refractivity contribution in [2.24, 2.45) is 5.92 Å². The molecule has 1 saturated carbocycles. The largest absolute Gasteiger partial charge is 0.478 e. The number of anilines is 1. The van der Waals surface area contributed by atoms with E-state index in [2.05, 4.69) is 12.2 Å². The summed E-state index contributed by atoms with van der Waals surface area (Å²) in [5, 5.41) is 11.7. The van der Waals surface area contributed by atoms with Crippen LogP contribution in [0.25, 0.3) is 0 Å². The van der Waals surface area contributed by atoms with Gasteiger partial charge in [0.05, 0.1) is 5.56 Å². The summed E-state index contributed by atoms with van der Waals surface area (Å²) in [6.07, 6.45) is 2.37. The molecule has 0 aromatic heterocycles. The Kier molecular flexibility index (Phi) is 3.97. The maximum Gasteiger partial charge on any atom is 0.335 e. The zero-order chi connectivity index (χ0) is 14.9. The van der Waals surface area contributed by atoms with Crippen LogP contribution in [0, 0.1) is 12.8 Å². The molecule has 108 valence electrons. The van der Waals surface area contributed by atoms with Crippen molar-refractivity contribution in [3.8, 4) is 0 Å². The summed E-state index contributed by atoms with van der Waals surface area (Å²) in [5.74, 6) is -0.355. The van der Waals surface area contributed by atoms with Crippen LogP contribution in [0.3, 0.4) is 0 Å². The molecule has 1 aliphatic carbocycles. The summed E-state index contributed by atoms with van der Waals surface area (Å²) in [6, 6.07) is 4.76. The Morgan fingerprint density at radius 1 is 1.40 bits per heavy atom. The molecule has 0 saturated heterocycles. The van der Waals surface area contributed by atoms with E-state index in [0.717, 1.165) is 5.56 Å². The van der Waals surface area contributed by atoms with Crippen molar-refractivity contribution < 1.29 is 14.7 Å². The van der Waals surface area contributed by atoms with Gasteiger partial charge in [-0.1, -0.05) is 0 Å². The molecule has 1 aliphatic rings. The van der Waals surface area contributed by atoms with Gasteiger partial charge >= 0.3 is 12.0 Å².